The maximum absolute atomic E-state index is 13.5. The zero-order valence-corrected chi connectivity index (χ0v) is 21.8. The van der Waals surface area contributed by atoms with E-state index in [2.05, 4.69) is 22.5 Å². The highest BCUT2D eigenvalue weighted by Gasteiger charge is 2.38. The molecule has 2 aliphatic rings. The van der Waals surface area contributed by atoms with Crippen LogP contribution in [0.15, 0.2) is 46.5 Å². The second-order valence-electron chi connectivity index (χ2n) is 9.61. The van der Waals surface area contributed by atoms with Gasteiger partial charge in [-0.15, -0.1) is 0 Å². The van der Waals surface area contributed by atoms with Gasteiger partial charge in [0.2, 0.25) is 5.88 Å². The van der Waals surface area contributed by atoms with Crippen molar-refractivity contribution in [3.63, 3.8) is 0 Å². The van der Waals surface area contributed by atoms with E-state index >= 15 is 0 Å². The minimum Gasteiger partial charge on any atom is -0.480 e. The predicted molar refractivity (Wildman–Crippen MR) is 141 cm³/mol. The Bertz CT molecular complexity index is 1490. The summed E-state index contributed by atoms with van der Waals surface area (Å²) in [5, 5.41) is 10.5. The SMILES string of the molecule is COc1nc2c(C(=O)Nc3ccsc3)c(C3(C)CCC3)ccc2cc1C(=O)N[C@@H]1C=CS(=O)(=O)[C@H]1C. The van der Waals surface area contributed by atoms with Crippen LogP contribution in [0.3, 0.4) is 0 Å². The van der Waals surface area contributed by atoms with Crippen LogP contribution in [0.25, 0.3) is 10.9 Å². The predicted octanol–water partition coefficient (Wildman–Crippen LogP) is 4.43. The van der Waals surface area contributed by atoms with Crippen LogP contribution in [0.2, 0.25) is 0 Å². The van der Waals surface area contributed by atoms with Gasteiger partial charge in [-0.25, -0.2) is 13.4 Å². The first-order chi connectivity index (χ1) is 17.1. The number of nitrogens with zero attached hydrogens (tertiary/aromatic N) is 1. The number of amides is 2. The average Bonchev–Trinajstić information content (AvgIpc) is 3.44. The molecule has 5 rings (SSSR count). The van der Waals surface area contributed by atoms with Crippen molar-refractivity contribution in [3.8, 4) is 5.88 Å². The minimum atomic E-state index is -3.39. The lowest BCUT2D eigenvalue weighted by atomic mass is 9.64. The second-order valence-corrected chi connectivity index (χ2v) is 12.6. The van der Waals surface area contributed by atoms with Crippen LogP contribution in [0, 0.1) is 0 Å². The fraction of sp³-hybridized carbons (Fsp3) is 0.346. The van der Waals surface area contributed by atoms with Crippen molar-refractivity contribution in [2.75, 3.05) is 12.4 Å². The van der Waals surface area contributed by atoms with Gasteiger partial charge in [0.15, 0.2) is 9.84 Å². The summed E-state index contributed by atoms with van der Waals surface area (Å²) in [5.74, 6) is -0.693. The van der Waals surface area contributed by atoms with E-state index in [0.717, 1.165) is 30.2 Å². The summed E-state index contributed by atoms with van der Waals surface area (Å²) < 4.78 is 29.5. The molecule has 1 aliphatic heterocycles. The molecule has 1 saturated carbocycles. The summed E-state index contributed by atoms with van der Waals surface area (Å²) in [6.07, 6.45) is 4.52. The number of hydrogen-bond donors (Lipinski definition) is 2. The average molecular weight is 526 g/mol. The molecule has 1 aliphatic carbocycles. The van der Waals surface area contributed by atoms with Crippen molar-refractivity contribution in [1.82, 2.24) is 10.3 Å². The van der Waals surface area contributed by atoms with Crippen molar-refractivity contribution in [2.45, 2.75) is 49.8 Å². The molecule has 0 unspecified atom stereocenters. The van der Waals surface area contributed by atoms with E-state index < -0.39 is 27.0 Å². The molecule has 0 saturated heterocycles. The standard InChI is InChI=1S/C26H27N3O5S2/c1-15-20(8-12-36(15,32)33)28-23(30)18-13-16-5-6-19(26(2)9-4-10-26)21(22(16)29-25(18)34-3)24(31)27-17-7-11-35-14-17/h5-8,11-15,20H,4,9-10H2,1-3H3,(H,27,31)(H,28,30)/t15-,20+/m0/s1. The van der Waals surface area contributed by atoms with Crippen LogP contribution in [0.1, 0.15) is 59.4 Å². The lowest BCUT2D eigenvalue weighted by Gasteiger charge is -2.40. The number of ether oxygens (including phenoxy) is 1. The molecule has 3 aromatic rings. The van der Waals surface area contributed by atoms with Crippen LogP contribution in [0.5, 0.6) is 5.88 Å². The van der Waals surface area contributed by atoms with Crippen molar-refractivity contribution < 1.29 is 22.7 Å². The molecule has 8 nitrogen and oxygen atoms in total. The molecular formula is C26H27N3O5S2. The molecular weight excluding hydrogens is 498 g/mol. The number of carbonyl (C=O) groups is 2. The van der Waals surface area contributed by atoms with E-state index in [1.165, 1.54) is 24.5 Å². The van der Waals surface area contributed by atoms with Crippen LogP contribution in [-0.4, -0.2) is 43.6 Å². The first-order valence-corrected chi connectivity index (χ1v) is 14.3. The minimum absolute atomic E-state index is 0.0676. The van der Waals surface area contributed by atoms with Crippen LogP contribution in [-0.2, 0) is 15.3 Å². The third-order valence-electron chi connectivity index (χ3n) is 7.30. The highest BCUT2D eigenvalue weighted by molar-refractivity contribution is 7.95. The van der Waals surface area contributed by atoms with Crippen LogP contribution >= 0.6 is 11.3 Å². The summed E-state index contributed by atoms with van der Waals surface area (Å²) in [4.78, 5) is 31.3. The molecule has 2 N–H and O–H groups in total. The number of rotatable bonds is 6. The highest BCUT2D eigenvalue weighted by atomic mass is 32.2. The van der Waals surface area contributed by atoms with Crippen molar-refractivity contribution in [1.29, 1.82) is 0 Å². The summed E-state index contributed by atoms with van der Waals surface area (Å²) >= 11 is 1.49. The summed E-state index contributed by atoms with van der Waals surface area (Å²) in [5.41, 5.74) is 2.61. The Morgan fingerprint density at radius 2 is 1.97 bits per heavy atom. The molecule has 2 aromatic heterocycles. The third kappa shape index (κ3) is 4.18. The fourth-order valence-corrected chi connectivity index (χ4v) is 6.64. The lowest BCUT2D eigenvalue weighted by Crippen LogP contribution is -2.40. The zero-order valence-electron chi connectivity index (χ0n) is 20.2. The quantitative estimate of drug-likeness (QED) is 0.492. The Morgan fingerprint density at radius 3 is 2.56 bits per heavy atom. The number of benzene rings is 1. The van der Waals surface area contributed by atoms with Crippen molar-refractivity contribution >= 4 is 49.6 Å². The van der Waals surface area contributed by atoms with E-state index in [1.54, 1.807) is 13.0 Å². The van der Waals surface area contributed by atoms with E-state index in [-0.39, 0.29) is 22.8 Å². The number of anilines is 1. The third-order valence-corrected chi connectivity index (χ3v) is 9.85. The molecule has 188 valence electrons. The Labute approximate surface area is 213 Å². The number of thiophene rings is 1. The summed E-state index contributed by atoms with van der Waals surface area (Å²) in [6.45, 7) is 3.71. The smallest absolute Gasteiger partial charge is 0.258 e. The Kier molecular flexibility index (Phi) is 6.12. The number of fused-ring (bicyclic) bond motifs is 1. The van der Waals surface area contributed by atoms with Crippen molar-refractivity contribution in [2.24, 2.45) is 0 Å². The van der Waals surface area contributed by atoms with Gasteiger partial charge in [-0.05, 0) is 54.3 Å². The summed E-state index contributed by atoms with van der Waals surface area (Å²) in [7, 11) is -1.98. The van der Waals surface area contributed by atoms with Crippen LogP contribution < -0.4 is 15.4 Å². The van der Waals surface area contributed by atoms with Gasteiger partial charge in [0.1, 0.15) is 5.56 Å². The molecule has 0 radical (unpaired) electrons. The maximum Gasteiger partial charge on any atom is 0.258 e. The first kappa shape index (κ1) is 24.5. The van der Waals surface area contributed by atoms with Gasteiger partial charge in [-0.3, -0.25) is 9.59 Å². The van der Waals surface area contributed by atoms with Gasteiger partial charge in [0.25, 0.3) is 11.8 Å². The number of aromatic nitrogens is 1. The number of methoxy groups -OCH3 is 1. The number of hydrogen-bond acceptors (Lipinski definition) is 7. The lowest BCUT2D eigenvalue weighted by molar-refractivity contribution is 0.0940. The normalized spacial score (nSPS) is 21.6. The van der Waals surface area contributed by atoms with Gasteiger partial charge in [-0.2, -0.15) is 11.3 Å². The Balaban J connectivity index is 1.58. The zero-order chi connectivity index (χ0) is 25.7. The van der Waals surface area contributed by atoms with E-state index in [4.69, 9.17) is 4.74 Å². The highest BCUT2D eigenvalue weighted by Crippen LogP contribution is 2.46. The Morgan fingerprint density at radius 1 is 1.19 bits per heavy atom. The van der Waals surface area contributed by atoms with Gasteiger partial charge in [0.05, 0.1) is 35.2 Å². The maximum atomic E-state index is 13.5. The molecule has 3 heterocycles. The van der Waals surface area contributed by atoms with Crippen molar-refractivity contribution in [3.05, 3.63) is 63.2 Å². The van der Waals surface area contributed by atoms with Crippen LogP contribution in [0.4, 0.5) is 5.69 Å². The van der Waals surface area contributed by atoms with E-state index in [9.17, 15) is 18.0 Å². The molecule has 1 aromatic carbocycles. The second kappa shape index (κ2) is 9.01. The Hall–Kier alpha value is -3.24. The molecule has 2 atom stereocenters. The first-order valence-electron chi connectivity index (χ1n) is 11.7. The van der Waals surface area contributed by atoms with Gasteiger partial charge >= 0.3 is 0 Å². The summed E-state index contributed by atoms with van der Waals surface area (Å²) in [6, 6.07) is 6.65. The number of nitrogens with one attached hydrogen (secondary N) is 2. The molecule has 36 heavy (non-hydrogen) atoms. The topological polar surface area (TPSA) is 114 Å². The molecule has 2 amide bonds. The van der Waals surface area contributed by atoms with E-state index in [0.29, 0.717) is 22.2 Å². The number of sulfone groups is 1. The molecule has 10 heteroatoms. The monoisotopic (exact) mass is 525 g/mol. The molecule has 1 fully saturated rings. The number of carbonyl (C=O) groups excluding carboxylic acids is 2. The fourth-order valence-electron chi connectivity index (χ4n) is 4.85. The number of pyridine rings is 1. The molecule has 0 spiro atoms. The van der Waals surface area contributed by atoms with Gasteiger partial charge < -0.3 is 15.4 Å². The largest absolute Gasteiger partial charge is 0.480 e. The van der Waals surface area contributed by atoms with Gasteiger partial charge in [0, 0.05) is 16.2 Å². The van der Waals surface area contributed by atoms with E-state index in [1.807, 2.05) is 29.0 Å². The van der Waals surface area contributed by atoms with Gasteiger partial charge in [-0.1, -0.05) is 25.5 Å². The molecule has 0 bridgehead atoms.